The molecule has 3 nitrogen and oxygen atoms in total. The van der Waals surface area contributed by atoms with Gasteiger partial charge in [-0.25, -0.2) is 0 Å². The number of benzene rings is 1. The molecule has 0 radical (unpaired) electrons. The molecule has 0 bridgehead atoms. The molecule has 7 heteroatoms. The third kappa shape index (κ3) is 3.33. The van der Waals surface area contributed by atoms with Gasteiger partial charge >= 0.3 is 0 Å². The predicted octanol–water partition coefficient (Wildman–Crippen LogP) is 4.05. The monoisotopic (exact) mass is 374 g/mol. The highest BCUT2D eigenvalue weighted by molar-refractivity contribution is 9.10. The number of nitrogens with one attached hydrogen (secondary N) is 1. The van der Waals surface area contributed by atoms with Crippen LogP contribution >= 0.6 is 51.1 Å². The van der Waals surface area contributed by atoms with E-state index in [0.717, 1.165) is 4.47 Å². The summed E-state index contributed by atoms with van der Waals surface area (Å²) in [6.07, 6.45) is 0. The van der Waals surface area contributed by atoms with E-state index in [-0.39, 0.29) is 10.9 Å². The average Bonchev–Trinajstić information content (AvgIpc) is 2.75. The fourth-order valence-corrected chi connectivity index (χ4v) is 3.04. The van der Waals surface area contributed by atoms with E-state index in [4.69, 9.17) is 29.6 Å². The lowest BCUT2D eigenvalue weighted by Gasteiger charge is -2.10. The Morgan fingerprint density at radius 3 is 2.74 bits per heavy atom. The molecule has 0 atom stereocenters. The number of halogens is 2. The Hall–Kier alpha value is -0.950. The smallest absolute Gasteiger partial charge is 0.267 e. The molecule has 3 N–H and O–H groups in total. The van der Waals surface area contributed by atoms with Gasteiger partial charge in [0.15, 0.2) is 0 Å². The van der Waals surface area contributed by atoms with Crippen LogP contribution in [0.25, 0.3) is 0 Å². The van der Waals surface area contributed by atoms with Gasteiger partial charge in [0.1, 0.15) is 9.87 Å². The van der Waals surface area contributed by atoms with Crippen LogP contribution < -0.4 is 11.1 Å². The molecule has 0 unspecified atom stereocenters. The van der Waals surface area contributed by atoms with Crippen LogP contribution in [-0.2, 0) is 0 Å². The molecule has 1 amide bonds. The van der Waals surface area contributed by atoms with Gasteiger partial charge < -0.3 is 11.1 Å². The molecule has 0 fully saturated rings. The zero-order valence-electron chi connectivity index (χ0n) is 9.44. The Morgan fingerprint density at radius 1 is 1.42 bits per heavy atom. The number of thiocarbonyl (C=S) groups is 1. The van der Waals surface area contributed by atoms with Crippen LogP contribution in [0.3, 0.4) is 0 Å². The summed E-state index contributed by atoms with van der Waals surface area (Å²) in [4.78, 5) is 12.8. The van der Waals surface area contributed by atoms with E-state index in [9.17, 15) is 4.79 Å². The highest BCUT2D eigenvalue weighted by Gasteiger charge is 2.14. The third-order valence-electron chi connectivity index (χ3n) is 2.32. The molecule has 98 valence electrons. The molecule has 0 saturated heterocycles. The van der Waals surface area contributed by atoms with Crippen LogP contribution in [0.1, 0.15) is 15.2 Å². The summed E-state index contributed by atoms with van der Waals surface area (Å²) in [6, 6.07) is 6.98. The standard InChI is InChI=1S/C12H8BrClN2OS2/c13-6-1-2-7(11(15)18)9(5-6)16-12(17)10-8(14)3-4-19-10/h1-5H,(H2,15,18)(H,16,17). The summed E-state index contributed by atoms with van der Waals surface area (Å²) in [5.74, 6) is -0.282. The number of hydrogen-bond donors (Lipinski definition) is 2. The van der Waals surface area contributed by atoms with Gasteiger partial charge in [0.05, 0.1) is 10.7 Å². The predicted molar refractivity (Wildman–Crippen MR) is 87.3 cm³/mol. The first-order chi connectivity index (χ1) is 8.99. The van der Waals surface area contributed by atoms with E-state index in [1.807, 2.05) is 6.07 Å². The number of rotatable bonds is 3. The summed E-state index contributed by atoms with van der Waals surface area (Å²) in [7, 11) is 0. The lowest BCUT2D eigenvalue weighted by molar-refractivity contribution is 0.103. The highest BCUT2D eigenvalue weighted by Crippen LogP contribution is 2.26. The molecule has 0 spiro atoms. The Kier molecular flexibility index (Phi) is 4.57. The summed E-state index contributed by atoms with van der Waals surface area (Å²) < 4.78 is 0.820. The van der Waals surface area contributed by atoms with E-state index in [0.29, 0.717) is 21.2 Å². The van der Waals surface area contributed by atoms with Crippen molar-refractivity contribution in [3.8, 4) is 0 Å². The second-order valence-corrected chi connectivity index (χ2v) is 6.28. The van der Waals surface area contributed by atoms with Crippen molar-refractivity contribution in [3.05, 3.63) is 49.6 Å². The normalized spacial score (nSPS) is 10.2. The van der Waals surface area contributed by atoms with Gasteiger partial charge in [0, 0.05) is 10.0 Å². The van der Waals surface area contributed by atoms with Crippen LogP contribution in [0, 0.1) is 0 Å². The molecular formula is C12H8BrClN2OS2. The van der Waals surface area contributed by atoms with Crippen molar-refractivity contribution in [2.75, 3.05) is 5.32 Å². The first kappa shape index (κ1) is 14.5. The minimum absolute atomic E-state index is 0.222. The number of hydrogen-bond acceptors (Lipinski definition) is 3. The van der Waals surface area contributed by atoms with Crippen molar-refractivity contribution in [2.45, 2.75) is 0 Å². The lowest BCUT2D eigenvalue weighted by Crippen LogP contribution is -2.17. The van der Waals surface area contributed by atoms with Crippen molar-refractivity contribution in [1.82, 2.24) is 0 Å². The number of carbonyl (C=O) groups excluding carboxylic acids is 1. The summed E-state index contributed by atoms with van der Waals surface area (Å²) in [5.41, 5.74) is 6.79. The van der Waals surface area contributed by atoms with E-state index in [1.165, 1.54) is 11.3 Å². The largest absolute Gasteiger partial charge is 0.389 e. The van der Waals surface area contributed by atoms with Crippen molar-refractivity contribution in [3.63, 3.8) is 0 Å². The fourth-order valence-electron chi connectivity index (χ4n) is 1.47. The van der Waals surface area contributed by atoms with E-state index in [1.54, 1.807) is 23.6 Å². The second-order valence-electron chi connectivity index (χ2n) is 3.61. The zero-order valence-corrected chi connectivity index (χ0v) is 13.4. The first-order valence-corrected chi connectivity index (χ1v) is 7.58. The van der Waals surface area contributed by atoms with Crippen molar-refractivity contribution in [1.29, 1.82) is 0 Å². The van der Waals surface area contributed by atoms with Gasteiger partial charge in [0.2, 0.25) is 0 Å². The van der Waals surface area contributed by atoms with Crippen LogP contribution in [0.4, 0.5) is 5.69 Å². The van der Waals surface area contributed by atoms with E-state index in [2.05, 4.69) is 21.2 Å². The summed E-state index contributed by atoms with van der Waals surface area (Å²) in [5, 5.41) is 4.95. The number of carbonyl (C=O) groups is 1. The van der Waals surface area contributed by atoms with Gasteiger partial charge in [-0.1, -0.05) is 39.7 Å². The second kappa shape index (κ2) is 6.00. The minimum Gasteiger partial charge on any atom is -0.389 e. The molecule has 1 aromatic heterocycles. The Labute approximate surface area is 132 Å². The minimum atomic E-state index is -0.282. The van der Waals surface area contributed by atoms with Gasteiger partial charge in [-0.15, -0.1) is 11.3 Å². The van der Waals surface area contributed by atoms with Crippen LogP contribution in [0.5, 0.6) is 0 Å². The third-order valence-corrected chi connectivity index (χ3v) is 4.37. The number of anilines is 1. The maximum Gasteiger partial charge on any atom is 0.267 e. The number of nitrogens with two attached hydrogens (primary N) is 1. The molecule has 0 aliphatic carbocycles. The molecule has 1 heterocycles. The molecule has 19 heavy (non-hydrogen) atoms. The number of amides is 1. The maximum atomic E-state index is 12.1. The summed E-state index contributed by atoms with van der Waals surface area (Å²) in [6.45, 7) is 0. The van der Waals surface area contributed by atoms with Gasteiger partial charge in [-0.3, -0.25) is 4.79 Å². The number of thiophene rings is 1. The molecule has 0 aliphatic rings. The molecule has 2 rings (SSSR count). The highest BCUT2D eigenvalue weighted by atomic mass is 79.9. The zero-order chi connectivity index (χ0) is 14.0. The first-order valence-electron chi connectivity index (χ1n) is 5.12. The van der Waals surface area contributed by atoms with Crippen molar-refractivity contribution in [2.24, 2.45) is 5.73 Å². The molecule has 0 saturated carbocycles. The maximum absolute atomic E-state index is 12.1. The van der Waals surface area contributed by atoms with Gasteiger partial charge in [-0.05, 0) is 29.6 Å². The van der Waals surface area contributed by atoms with E-state index < -0.39 is 0 Å². The van der Waals surface area contributed by atoms with E-state index >= 15 is 0 Å². The molecule has 1 aromatic carbocycles. The fraction of sp³-hybridized carbons (Fsp3) is 0. The Bertz CT molecular complexity index is 657. The van der Waals surface area contributed by atoms with Crippen molar-refractivity contribution >= 4 is 67.7 Å². The molecule has 2 aromatic rings. The Morgan fingerprint density at radius 2 is 2.16 bits per heavy atom. The van der Waals surface area contributed by atoms with Crippen LogP contribution in [0.15, 0.2) is 34.1 Å². The SMILES string of the molecule is NC(=S)c1ccc(Br)cc1NC(=O)c1sccc1Cl. The summed E-state index contributed by atoms with van der Waals surface area (Å²) >= 11 is 15.5. The van der Waals surface area contributed by atoms with Gasteiger partial charge in [-0.2, -0.15) is 0 Å². The molecule has 0 aliphatic heterocycles. The topological polar surface area (TPSA) is 55.1 Å². The molecular weight excluding hydrogens is 368 g/mol. The quantitative estimate of drug-likeness (QED) is 0.796. The van der Waals surface area contributed by atoms with Crippen molar-refractivity contribution < 1.29 is 4.79 Å². The lowest BCUT2D eigenvalue weighted by atomic mass is 10.1. The average molecular weight is 376 g/mol. The van der Waals surface area contributed by atoms with Crippen LogP contribution in [-0.4, -0.2) is 10.9 Å². The Balaban J connectivity index is 2.33. The van der Waals surface area contributed by atoms with Gasteiger partial charge in [0.25, 0.3) is 5.91 Å². The van der Waals surface area contributed by atoms with Crippen LogP contribution in [0.2, 0.25) is 5.02 Å².